The second-order valence-corrected chi connectivity index (χ2v) is 7.63. The third-order valence-electron chi connectivity index (χ3n) is 5.54. The number of carbonyl (C=O) groups excluding carboxylic acids is 2. The summed E-state index contributed by atoms with van der Waals surface area (Å²) in [5.74, 6) is -0.380. The molecule has 2 aromatic rings. The molecule has 1 aliphatic heterocycles. The number of pyridine rings is 1. The number of anilines is 1. The second-order valence-electron chi connectivity index (χ2n) is 7.63. The summed E-state index contributed by atoms with van der Waals surface area (Å²) < 4.78 is 13.8. The van der Waals surface area contributed by atoms with E-state index in [-0.39, 0.29) is 17.6 Å². The molecular formula is C21H23FN4O2. The molecule has 146 valence electrons. The predicted octanol–water partition coefficient (Wildman–Crippen LogP) is 2.55. The van der Waals surface area contributed by atoms with Crippen molar-refractivity contribution < 1.29 is 14.0 Å². The molecule has 1 atom stereocenters. The lowest BCUT2D eigenvalue weighted by atomic mass is 10.0. The van der Waals surface area contributed by atoms with Crippen molar-refractivity contribution in [2.45, 2.75) is 25.3 Å². The van der Waals surface area contributed by atoms with Crippen LogP contribution in [0.4, 0.5) is 10.2 Å². The maximum Gasteiger partial charge on any atom is 0.254 e. The minimum absolute atomic E-state index is 0.00691. The van der Waals surface area contributed by atoms with Crippen LogP contribution in [0.1, 0.15) is 29.6 Å². The van der Waals surface area contributed by atoms with Crippen LogP contribution >= 0.6 is 0 Å². The van der Waals surface area contributed by atoms with E-state index >= 15 is 0 Å². The van der Waals surface area contributed by atoms with Crippen LogP contribution in [0, 0.1) is 11.7 Å². The number of piperazine rings is 1. The van der Waals surface area contributed by atoms with Gasteiger partial charge < -0.3 is 15.5 Å². The van der Waals surface area contributed by atoms with Gasteiger partial charge in [0, 0.05) is 37.5 Å². The number of carbonyl (C=O) groups is 2. The van der Waals surface area contributed by atoms with Crippen LogP contribution in [0.3, 0.4) is 0 Å². The van der Waals surface area contributed by atoms with E-state index in [0.717, 1.165) is 19.3 Å². The highest BCUT2D eigenvalue weighted by atomic mass is 19.1. The van der Waals surface area contributed by atoms with Gasteiger partial charge in [-0.1, -0.05) is 25.0 Å². The fourth-order valence-electron chi connectivity index (χ4n) is 3.66. The van der Waals surface area contributed by atoms with E-state index < -0.39 is 11.9 Å². The molecular weight excluding hydrogens is 359 g/mol. The number of rotatable bonds is 4. The van der Waals surface area contributed by atoms with E-state index in [0.29, 0.717) is 35.7 Å². The zero-order valence-corrected chi connectivity index (χ0v) is 15.8. The van der Waals surface area contributed by atoms with Gasteiger partial charge in [0.15, 0.2) is 11.6 Å². The number of hydrogen-bond acceptors (Lipinski definition) is 4. The number of benzene rings is 1. The van der Waals surface area contributed by atoms with Crippen LogP contribution in [-0.2, 0) is 4.79 Å². The van der Waals surface area contributed by atoms with Crippen LogP contribution in [0.5, 0.6) is 0 Å². The molecule has 6 nitrogen and oxygen atoms in total. The molecule has 28 heavy (non-hydrogen) atoms. The fourth-order valence-corrected chi connectivity index (χ4v) is 3.66. The number of likely N-dealkylation sites (N-methyl/N-ethyl adjacent to an activating group) is 1. The number of hydrogen-bond donors (Lipinski definition) is 1. The average molecular weight is 382 g/mol. The Morgan fingerprint density at radius 3 is 2.75 bits per heavy atom. The highest BCUT2D eigenvalue weighted by Gasteiger charge is 2.39. The van der Waals surface area contributed by atoms with Crippen molar-refractivity contribution in [1.29, 1.82) is 0 Å². The molecule has 0 radical (unpaired) electrons. The largest absolute Gasteiger partial charge is 0.381 e. The zero-order chi connectivity index (χ0) is 19.8. The lowest BCUT2D eigenvalue weighted by molar-refractivity contribution is -0.139. The number of halogens is 1. The van der Waals surface area contributed by atoms with Crippen molar-refractivity contribution in [2.75, 3.05) is 25.9 Å². The second kappa shape index (κ2) is 7.22. The van der Waals surface area contributed by atoms with Gasteiger partial charge >= 0.3 is 0 Å². The summed E-state index contributed by atoms with van der Waals surface area (Å²) in [6, 6.07) is 7.89. The van der Waals surface area contributed by atoms with E-state index in [9.17, 15) is 14.0 Å². The minimum atomic E-state index is -0.594. The van der Waals surface area contributed by atoms with E-state index in [1.807, 2.05) is 0 Å². The lowest BCUT2D eigenvalue weighted by Crippen LogP contribution is -2.57. The van der Waals surface area contributed by atoms with E-state index in [4.69, 9.17) is 5.73 Å². The smallest absolute Gasteiger partial charge is 0.254 e. The molecule has 7 heteroatoms. The maximum absolute atomic E-state index is 13.8. The van der Waals surface area contributed by atoms with Gasteiger partial charge in [0.05, 0.1) is 0 Å². The minimum Gasteiger partial charge on any atom is -0.381 e. The van der Waals surface area contributed by atoms with E-state index in [1.54, 1.807) is 41.1 Å². The first-order valence-corrected chi connectivity index (χ1v) is 9.51. The molecule has 2 heterocycles. The highest BCUT2D eigenvalue weighted by Crippen LogP contribution is 2.36. The van der Waals surface area contributed by atoms with Crippen molar-refractivity contribution in [1.82, 2.24) is 14.8 Å². The van der Waals surface area contributed by atoms with Gasteiger partial charge in [-0.2, -0.15) is 0 Å². The predicted molar refractivity (Wildman–Crippen MR) is 104 cm³/mol. The standard InChI is InChI=1S/C21H23FN4O2/c1-25-7-8-26(18(21(25)28)9-13-5-6-13)20(27)15-4-2-3-14(10-15)16-11-17(22)19(23)24-12-16/h2-4,10-13,18H,5-9H2,1H3,(H2,23,24)/t18-/m1/s1. The Morgan fingerprint density at radius 1 is 1.25 bits per heavy atom. The third-order valence-corrected chi connectivity index (χ3v) is 5.54. The van der Waals surface area contributed by atoms with Crippen LogP contribution in [0.2, 0.25) is 0 Å². The number of nitrogens with two attached hydrogens (primary N) is 1. The van der Waals surface area contributed by atoms with E-state index in [2.05, 4.69) is 4.98 Å². The maximum atomic E-state index is 13.8. The highest BCUT2D eigenvalue weighted by molar-refractivity contribution is 5.99. The summed E-state index contributed by atoms with van der Waals surface area (Å²) in [5, 5.41) is 0. The monoisotopic (exact) mass is 382 g/mol. The SMILES string of the molecule is CN1CCN(C(=O)c2cccc(-c3cnc(N)c(F)c3)c2)[C@H](CC2CC2)C1=O. The number of nitrogen functional groups attached to an aromatic ring is 1. The fraction of sp³-hybridized carbons (Fsp3) is 0.381. The molecule has 0 unspecified atom stereocenters. The van der Waals surface area contributed by atoms with Gasteiger partial charge in [-0.15, -0.1) is 0 Å². The van der Waals surface area contributed by atoms with Gasteiger partial charge in [-0.3, -0.25) is 9.59 Å². The van der Waals surface area contributed by atoms with Crippen molar-refractivity contribution in [3.8, 4) is 11.1 Å². The molecule has 2 N–H and O–H groups in total. The first-order valence-electron chi connectivity index (χ1n) is 9.51. The number of nitrogens with zero attached hydrogens (tertiary/aromatic N) is 3. The average Bonchev–Trinajstić information content (AvgIpc) is 3.51. The molecule has 1 saturated carbocycles. The molecule has 0 spiro atoms. The number of aromatic nitrogens is 1. The van der Waals surface area contributed by atoms with Crippen LogP contribution < -0.4 is 5.73 Å². The molecule has 0 bridgehead atoms. The van der Waals surface area contributed by atoms with Crippen molar-refractivity contribution in [3.05, 3.63) is 47.9 Å². The van der Waals surface area contributed by atoms with Crippen molar-refractivity contribution in [2.24, 2.45) is 5.92 Å². The first-order chi connectivity index (χ1) is 13.4. The molecule has 4 rings (SSSR count). The van der Waals surface area contributed by atoms with Gasteiger partial charge in [0.1, 0.15) is 6.04 Å². The molecule has 1 aliphatic carbocycles. The van der Waals surface area contributed by atoms with Crippen LogP contribution in [0.15, 0.2) is 36.5 Å². The molecule has 2 amide bonds. The lowest BCUT2D eigenvalue weighted by Gasteiger charge is -2.39. The Hall–Kier alpha value is -2.96. The quantitative estimate of drug-likeness (QED) is 0.881. The molecule has 1 saturated heterocycles. The Labute approximate surface area is 163 Å². The topological polar surface area (TPSA) is 79.5 Å². The summed E-state index contributed by atoms with van der Waals surface area (Å²) in [6.07, 6.45) is 4.46. The molecule has 2 fully saturated rings. The zero-order valence-electron chi connectivity index (χ0n) is 15.8. The van der Waals surface area contributed by atoms with Crippen molar-refractivity contribution in [3.63, 3.8) is 0 Å². The van der Waals surface area contributed by atoms with Gasteiger partial charge in [0.25, 0.3) is 5.91 Å². The van der Waals surface area contributed by atoms with Crippen molar-refractivity contribution >= 4 is 17.6 Å². The van der Waals surface area contributed by atoms with Crippen LogP contribution in [-0.4, -0.2) is 52.8 Å². The first kappa shape index (κ1) is 18.4. The summed E-state index contributed by atoms with van der Waals surface area (Å²) in [6.45, 7) is 1.04. The van der Waals surface area contributed by atoms with Crippen LogP contribution in [0.25, 0.3) is 11.1 Å². The number of amides is 2. The summed E-state index contributed by atoms with van der Waals surface area (Å²) in [5.41, 5.74) is 7.15. The molecule has 1 aromatic carbocycles. The van der Waals surface area contributed by atoms with E-state index in [1.165, 1.54) is 12.3 Å². The van der Waals surface area contributed by atoms with Gasteiger partial charge in [-0.25, -0.2) is 9.37 Å². The Kier molecular flexibility index (Phi) is 4.75. The van der Waals surface area contributed by atoms with Gasteiger partial charge in [-0.05, 0) is 36.1 Å². The molecule has 2 aliphatic rings. The molecule has 1 aromatic heterocycles. The Balaban J connectivity index is 1.61. The summed E-state index contributed by atoms with van der Waals surface area (Å²) in [7, 11) is 1.79. The Bertz CT molecular complexity index is 928. The third kappa shape index (κ3) is 3.56. The Morgan fingerprint density at radius 2 is 2.04 bits per heavy atom. The summed E-state index contributed by atoms with van der Waals surface area (Å²) in [4.78, 5) is 33.1. The van der Waals surface area contributed by atoms with Gasteiger partial charge in [0.2, 0.25) is 5.91 Å². The normalized spacial score (nSPS) is 19.8. The summed E-state index contributed by atoms with van der Waals surface area (Å²) >= 11 is 0.